The number of hydrogen-bond acceptors (Lipinski definition) is 11. The highest BCUT2D eigenvalue weighted by molar-refractivity contribution is 6.38. The summed E-state index contributed by atoms with van der Waals surface area (Å²) in [5.41, 5.74) is -0.850. The average molecular weight is 876 g/mol. The maximum absolute atomic E-state index is 14.5. The van der Waals surface area contributed by atoms with E-state index in [4.69, 9.17) is 4.74 Å². The van der Waals surface area contributed by atoms with Gasteiger partial charge in [-0.2, -0.15) is 0 Å². The molecule has 0 aromatic carbocycles. The van der Waals surface area contributed by atoms with Crippen LogP contribution in [-0.4, -0.2) is 124 Å². The molecule has 7 N–H and O–H groups in total. The molecule has 2 rings (SSSR count). The molecular formula is C43H69N7O12. The smallest absolute Gasteiger partial charge is 0.306 e. The number of ketones is 1. The van der Waals surface area contributed by atoms with Gasteiger partial charge in [-0.15, -0.1) is 6.58 Å². The Balaban J connectivity index is 2.39. The Labute approximate surface area is 364 Å². The highest BCUT2D eigenvalue weighted by Gasteiger charge is 2.43. The molecule has 6 unspecified atom stereocenters. The molecule has 62 heavy (non-hydrogen) atoms. The predicted octanol–water partition coefficient (Wildman–Crippen LogP) is 1.32. The van der Waals surface area contributed by atoms with E-state index in [1.54, 1.807) is 41.5 Å². The van der Waals surface area contributed by atoms with Crippen LogP contribution in [-0.2, 0) is 52.7 Å². The normalized spacial score (nSPS) is 17.9. The van der Waals surface area contributed by atoms with E-state index in [1.165, 1.54) is 11.0 Å². The fraction of sp³-hybridized carbons (Fsp3) is 0.721. The van der Waals surface area contributed by atoms with Gasteiger partial charge in [0, 0.05) is 32.9 Å². The Morgan fingerprint density at radius 2 is 1.39 bits per heavy atom. The second kappa shape index (κ2) is 25.5. The quantitative estimate of drug-likeness (QED) is 0.0411. The van der Waals surface area contributed by atoms with Gasteiger partial charge in [0.05, 0.1) is 6.04 Å². The second-order valence-electron chi connectivity index (χ2n) is 17.4. The molecular weight excluding hydrogens is 807 g/mol. The summed E-state index contributed by atoms with van der Waals surface area (Å²) in [5.74, 6) is -8.58. The number of aliphatic carboxylic acids is 1. The molecule has 19 nitrogen and oxygen atoms in total. The molecule has 0 spiro atoms. The van der Waals surface area contributed by atoms with Crippen LogP contribution in [0.3, 0.4) is 0 Å². The molecule has 1 saturated carbocycles. The maximum atomic E-state index is 14.5. The van der Waals surface area contributed by atoms with Crippen LogP contribution < -0.4 is 31.9 Å². The van der Waals surface area contributed by atoms with E-state index < -0.39 is 113 Å². The molecule has 348 valence electrons. The Kier molecular flexibility index (Phi) is 21.7. The summed E-state index contributed by atoms with van der Waals surface area (Å²) in [5, 5.41) is 24.8. The van der Waals surface area contributed by atoms with Crippen molar-refractivity contribution in [3.63, 3.8) is 0 Å². The van der Waals surface area contributed by atoms with Crippen molar-refractivity contribution in [2.75, 3.05) is 13.1 Å². The largest absolute Gasteiger partial charge is 0.481 e. The Bertz CT molecular complexity index is 1640. The van der Waals surface area contributed by atoms with E-state index in [2.05, 4.69) is 38.5 Å². The fourth-order valence-corrected chi connectivity index (χ4v) is 7.58. The number of carbonyl (C=O) groups excluding carboxylic acids is 9. The van der Waals surface area contributed by atoms with Crippen molar-refractivity contribution in [3.05, 3.63) is 12.7 Å². The number of ether oxygens (including phenoxy) is 1. The molecule has 0 aromatic heterocycles. The molecule has 19 heteroatoms. The van der Waals surface area contributed by atoms with Crippen LogP contribution in [0.2, 0.25) is 0 Å². The summed E-state index contributed by atoms with van der Waals surface area (Å²) < 4.78 is 5.38. The van der Waals surface area contributed by atoms with Crippen LogP contribution in [0.5, 0.6) is 0 Å². The molecule has 1 saturated heterocycles. The summed E-state index contributed by atoms with van der Waals surface area (Å²) in [4.78, 5) is 133. The first-order valence-corrected chi connectivity index (χ1v) is 21.8. The first-order chi connectivity index (χ1) is 29.1. The van der Waals surface area contributed by atoms with Crippen molar-refractivity contribution in [1.29, 1.82) is 0 Å². The van der Waals surface area contributed by atoms with Gasteiger partial charge < -0.3 is 46.6 Å². The molecule has 2 fully saturated rings. The number of rotatable bonds is 24. The van der Waals surface area contributed by atoms with Crippen molar-refractivity contribution in [2.24, 2.45) is 11.8 Å². The van der Waals surface area contributed by atoms with Crippen molar-refractivity contribution in [3.8, 4) is 0 Å². The molecule has 1 aliphatic carbocycles. The molecule has 0 radical (unpaired) electrons. The van der Waals surface area contributed by atoms with Gasteiger partial charge in [-0.25, -0.2) is 0 Å². The van der Waals surface area contributed by atoms with Crippen molar-refractivity contribution >= 4 is 59.1 Å². The summed E-state index contributed by atoms with van der Waals surface area (Å²) in [6, 6.07) is -7.20. The number of nitrogens with one attached hydrogen (secondary N) is 6. The monoisotopic (exact) mass is 876 g/mol. The van der Waals surface area contributed by atoms with Crippen molar-refractivity contribution < 1.29 is 57.8 Å². The number of carboxylic acid groups (broad SMARTS) is 1. The van der Waals surface area contributed by atoms with Gasteiger partial charge in [-0.1, -0.05) is 52.5 Å². The van der Waals surface area contributed by atoms with Gasteiger partial charge in [0.25, 0.3) is 5.91 Å². The number of Topliss-reactive ketones (excluding diaryl/α,β-unsaturated/α-hetero) is 1. The lowest BCUT2D eigenvalue weighted by molar-refractivity contribution is -0.155. The van der Waals surface area contributed by atoms with Gasteiger partial charge in [-0.3, -0.25) is 47.9 Å². The van der Waals surface area contributed by atoms with E-state index >= 15 is 0 Å². The number of likely N-dealkylation sites (tertiary alicyclic amines) is 1. The number of carbonyl (C=O) groups is 10. The van der Waals surface area contributed by atoms with Gasteiger partial charge in [0.15, 0.2) is 0 Å². The number of nitrogens with zero attached hydrogens (tertiary/aromatic N) is 1. The fourth-order valence-electron chi connectivity index (χ4n) is 7.58. The van der Waals surface area contributed by atoms with E-state index in [0.29, 0.717) is 32.1 Å². The minimum absolute atomic E-state index is 0.0691. The lowest BCUT2D eigenvalue weighted by Gasteiger charge is -2.36. The van der Waals surface area contributed by atoms with Crippen molar-refractivity contribution in [1.82, 2.24) is 36.8 Å². The third-order valence-corrected chi connectivity index (χ3v) is 10.6. The van der Waals surface area contributed by atoms with Crippen LogP contribution in [0.4, 0.5) is 0 Å². The highest BCUT2D eigenvalue weighted by atomic mass is 16.6. The van der Waals surface area contributed by atoms with E-state index in [-0.39, 0.29) is 44.7 Å². The Morgan fingerprint density at radius 1 is 0.774 bits per heavy atom. The Morgan fingerprint density at radius 3 is 1.95 bits per heavy atom. The summed E-state index contributed by atoms with van der Waals surface area (Å²) in [6.07, 6.45) is 5.27. The molecule has 7 amide bonds. The minimum atomic E-state index is -1.44. The number of esters is 1. The predicted molar refractivity (Wildman–Crippen MR) is 227 cm³/mol. The van der Waals surface area contributed by atoms with Crippen LogP contribution in [0.25, 0.3) is 0 Å². The number of amides is 7. The molecule has 0 aromatic rings. The van der Waals surface area contributed by atoms with Gasteiger partial charge in [0.2, 0.25) is 41.2 Å². The first-order valence-electron chi connectivity index (χ1n) is 21.8. The number of carboxylic acids is 1. The van der Waals surface area contributed by atoms with Gasteiger partial charge in [-0.05, 0) is 77.6 Å². The summed E-state index contributed by atoms with van der Waals surface area (Å²) in [7, 11) is 0. The summed E-state index contributed by atoms with van der Waals surface area (Å²) in [6.45, 7) is 15.1. The van der Waals surface area contributed by atoms with Gasteiger partial charge in [0.1, 0.15) is 35.8 Å². The van der Waals surface area contributed by atoms with E-state index in [1.807, 2.05) is 0 Å². The maximum Gasteiger partial charge on any atom is 0.306 e. The number of hydrogen-bond donors (Lipinski definition) is 7. The zero-order valence-electron chi connectivity index (χ0n) is 37.4. The first kappa shape index (κ1) is 52.8. The molecule has 1 aliphatic heterocycles. The molecule has 2 aliphatic rings. The molecule has 0 bridgehead atoms. The molecule has 1 heterocycles. The van der Waals surface area contributed by atoms with Gasteiger partial charge >= 0.3 is 11.9 Å². The van der Waals surface area contributed by atoms with E-state index in [9.17, 15) is 53.1 Å². The van der Waals surface area contributed by atoms with Crippen LogP contribution in [0, 0.1) is 11.8 Å². The van der Waals surface area contributed by atoms with Crippen LogP contribution in [0.1, 0.15) is 132 Å². The third-order valence-electron chi connectivity index (χ3n) is 10.6. The highest BCUT2D eigenvalue weighted by Crippen LogP contribution is 2.30. The summed E-state index contributed by atoms with van der Waals surface area (Å²) >= 11 is 0. The lowest BCUT2D eigenvalue weighted by atomic mass is 9.83. The third kappa shape index (κ3) is 17.6. The van der Waals surface area contributed by atoms with Crippen molar-refractivity contribution in [2.45, 2.75) is 174 Å². The average Bonchev–Trinajstić information content (AvgIpc) is 3.70. The van der Waals surface area contributed by atoms with Crippen LogP contribution in [0.15, 0.2) is 12.7 Å². The zero-order chi connectivity index (χ0) is 46.7. The lowest BCUT2D eigenvalue weighted by Crippen LogP contribution is -2.61. The standard InChI is InChI=1S/C43H69N7O12/c1-9-15-28(36(55)41(60)44-23-10-2)46-39(58)31-18-14-24-50(31)42(61)35(27-16-12-11-13-17-27)49-40(59)34(25(3)4)48-38(57)30(20-22-33(54)62-43(6,7)8)47-37(56)29(45-26(5)51)19-21-32(52)53/h10,25,27-31,34-35H,2,9,11-24H2,1,3-8H3,(H,44,60)(H,45,51)(H,46,58)(H,47,56)(H,48,57)(H,49,59)(H,52,53). The SMILES string of the molecule is C=CCNC(=O)C(=O)C(CCC)NC(=O)C1CCCN1C(=O)C(NC(=O)C(NC(=O)C(CCC(=O)OC(C)(C)C)NC(=O)C(CCC(=O)O)NC(C)=O)C(C)C)C1CCCCC1. The Hall–Kier alpha value is -5.36. The minimum Gasteiger partial charge on any atom is -0.481 e. The zero-order valence-corrected chi connectivity index (χ0v) is 37.4. The topological polar surface area (TPSA) is 276 Å². The van der Waals surface area contributed by atoms with Crippen LogP contribution >= 0.6 is 0 Å². The second-order valence-corrected chi connectivity index (χ2v) is 17.4. The van der Waals surface area contributed by atoms with E-state index in [0.717, 1.165) is 26.2 Å². The molecule has 6 atom stereocenters.